The lowest BCUT2D eigenvalue weighted by atomic mass is 10.2. The zero-order valence-electron chi connectivity index (χ0n) is 16.8. The van der Waals surface area contributed by atoms with Gasteiger partial charge in [0.15, 0.2) is 6.10 Å². The second-order valence-electron chi connectivity index (χ2n) is 6.85. The van der Waals surface area contributed by atoms with Crippen molar-refractivity contribution in [2.45, 2.75) is 26.5 Å². The number of halogens is 1. The molecule has 0 saturated heterocycles. The zero-order chi connectivity index (χ0) is 21.5. The summed E-state index contributed by atoms with van der Waals surface area (Å²) in [7, 11) is 0. The minimum atomic E-state index is -0.721. The highest BCUT2D eigenvalue weighted by molar-refractivity contribution is 6.31. The summed E-state index contributed by atoms with van der Waals surface area (Å²) in [6, 6.07) is 21.7. The first-order valence-corrected chi connectivity index (χ1v) is 9.96. The molecular formula is C24H23ClN2O3. The van der Waals surface area contributed by atoms with Crippen molar-refractivity contribution in [1.29, 1.82) is 0 Å². The molecule has 3 rings (SSSR count). The van der Waals surface area contributed by atoms with E-state index in [-0.39, 0.29) is 11.8 Å². The lowest BCUT2D eigenvalue weighted by Gasteiger charge is -2.16. The lowest BCUT2D eigenvalue weighted by molar-refractivity contribution is -0.122. The van der Waals surface area contributed by atoms with Crippen molar-refractivity contribution in [3.8, 4) is 5.75 Å². The average Bonchev–Trinajstić information content (AvgIpc) is 2.76. The smallest absolute Gasteiger partial charge is 0.265 e. The first kappa shape index (κ1) is 21.4. The van der Waals surface area contributed by atoms with Crippen LogP contribution in [-0.2, 0) is 11.3 Å². The number of ether oxygens (including phenoxy) is 1. The molecule has 0 aliphatic rings. The van der Waals surface area contributed by atoms with Crippen LogP contribution in [0.25, 0.3) is 0 Å². The highest BCUT2D eigenvalue weighted by Gasteiger charge is 2.16. The minimum absolute atomic E-state index is 0.173. The Morgan fingerprint density at radius 3 is 2.37 bits per heavy atom. The number of benzene rings is 3. The summed E-state index contributed by atoms with van der Waals surface area (Å²) < 4.78 is 5.71. The Morgan fingerprint density at radius 1 is 0.967 bits per heavy atom. The first-order chi connectivity index (χ1) is 14.4. The molecule has 3 aromatic rings. The molecule has 5 nitrogen and oxygen atoms in total. The van der Waals surface area contributed by atoms with E-state index in [9.17, 15) is 9.59 Å². The van der Waals surface area contributed by atoms with Crippen LogP contribution in [0.15, 0.2) is 72.8 Å². The number of hydrogen-bond donors (Lipinski definition) is 2. The molecule has 1 unspecified atom stereocenters. The normalized spacial score (nSPS) is 11.4. The first-order valence-electron chi connectivity index (χ1n) is 9.59. The molecular weight excluding hydrogens is 400 g/mol. The Bertz CT molecular complexity index is 1020. The fraction of sp³-hybridized carbons (Fsp3) is 0.167. The fourth-order valence-corrected chi connectivity index (χ4v) is 2.97. The number of rotatable bonds is 7. The molecule has 2 amide bonds. The molecule has 0 aromatic heterocycles. The van der Waals surface area contributed by atoms with E-state index in [1.807, 2.05) is 37.3 Å². The molecule has 0 radical (unpaired) electrons. The Hall–Kier alpha value is -3.31. The SMILES string of the molecule is Cc1c(Cl)cccc1NC(=O)C(C)Oc1ccc(C(=O)NCc2ccccc2)cc1. The van der Waals surface area contributed by atoms with E-state index in [0.717, 1.165) is 11.1 Å². The van der Waals surface area contributed by atoms with Gasteiger partial charge >= 0.3 is 0 Å². The summed E-state index contributed by atoms with van der Waals surface area (Å²) >= 11 is 6.09. The largest absolute Gasteiger partial charge is 0.481 e. The molecule has 0 aliphatic heterocycles. The third-order valence-electron chi connectivity index (χ3n) is 4.62. The number of anilines is 1. The molecule has 0 fully saturated rings. The number of hydrogen-bond acceptors (Lipinski definition) is 3. The molecule has 2 N–H and O–H groups in total. The molecule has 30 heavy (non-hydrogen) atoms. The summed E-state index contributed by atoms with van der Waals surface area (Å²) in [4.78, 5) is 24.7. The number of carbonyl (C=O) groups is 2. The molecule has 0 aliphatic carbocycles. The molecule has 6 heteroatoms. The van der Waals surface area contributed by atoms with Gasteiger partial charge in [-0.15, -0.1) is 0 Å². The van der Waals surface area contributed by atoms with Crippen molar-refractivity contribution < 1.29 is 14.3 Å². The maximum atomic E-state index is 12.4. The van der Waals surface area contributed by atoms with Crippen molar-refractivity contribution >= 4 is 29.1 Å². The number of amides is 2. The zero-order valence-corrected chi connectivity index (χ0v) is 17.6. The average molecular weight is 423 g/mol. The fourth-order valence-electron chi connectivity index (χ4n) is 2.80. The molecule has 0 saturated carbocycles. The Labute approximate surface area is 181 Å². The van der Waals surface area contributed by atoms with E-state index in [0.29, 0.717) is 28.6 Å². The third-order valence-corrected chi connectivity index (χ3v) is 5.03. The van der Waals surface area contributed by atoms with Crippen LogP contribution in [0.3, 0.4) is 0 Å². The van der Waals surface area contributed by atoms with Gasteiger partial charge in [0, 0.05) is 22.8 Å². The number of carbonyl (C=O) groups excluding carboxylic acids is 2. The molecule has 0 spiro atoms. The molecule has 0 heterocycles. The summed E-state index contributed by atoms with van der Waals surface area (Å²) in [5.41, 5.74) is 2.99. The van der Waals surface area contributed by atoms with Gasteiger partial charge in [0.2, 0.25) is 0 Å². The summed E-state index contributed by atoms with van der Waals surface area (Å²) in [5, 5.41) is 6.28. The molecule has 1 atom stereocenters. The van der Waals surface area contributed by atoms with Gasteiger partial charge < -0.3 is 15.4 Å². The Balaban J connectivity index is 1.54. The lowest BCUT2D eigenvalue weighted by Crippen LogP contribution is -2.30. The summed E-state index contributed by atoms with van der Waals surface area (Å²) in [5.74, 6) is 0.0396. The van der Waals surface area contributed by atoms with Crippen LogP contribution < -0.4 is 15.4 Å². The maximum absolute atomic E-state index is 12.4. The Kier molecular flexibility index (Phi) is 7.09. The Morgan fingerprint density at radius 2 is 1.67 bits per heavy atom. The monoisotopic (exact) mass is 422 g/mol. The van der Waals surface area contributed by atoms with E-state index in [2.05, 4.69) is 10.6 Å². The predicted octanol–water partition coefficient (Wildman–Crippen LogP) is 4.98. The highest BCUT2D eigenvalue weighted by atomic mass is 35.5. The van der Waals surface area contributed by atoms with E-state index >= 15 is 0 Å². The standard InChI is InChI=1S/C24H23ClN2O3/c1-16-21(25)9-6-10-22(16)27-23(28)17(2)30-20-13-11-19(12-14-20)24(29)26-15-18-7-4-3-5-8-18/h3-14,17H,15H2,1-2H3,(H,26,29)(H,27,28). The molecule has 154 valence electrons. The summed E-state index contributed by atoms with van der Waals surface area (Å²) in [6.45, 7) is 3.96. The topological polar surface area (TPSA) is 67.4 Å². The van der Waals surface area contributed by atoms with Crippen LogP contribution >= 0.6 is 11.6 Å². The van der Waals surface area contributed by atoms with Gasteiger partial charge in [-0.3, -0.25) is 9.59 Å². The quantitative estimate of drug-likeness (QED) is 0.564. The van der Waals surface area contributed by atoms with Crippen LogP contribution in [-0.4, -0.2) is 17.9 Å². The van der Waals surface area contributed by atoms with Crippen molar-refractivity contribution in [2.24, 2.45) is 0 Å². The van der Waals surface area contributed by atoms with E-state index in [1.54, 1.807) is 49.4 Å². The molecule has 3 aromatic carbocycles. The van der Waals surface area contributed by atoms with Crippen LogP contribution in [0, 0.1) is 6.92 Å². The maximum Gasteiger partial charge on any atom is 0.265 e. The van der Waals surface area contributed by atoms with Crippen molar-refractivity contribution in [3.63, 3.8) is 0 Å². The van der Waals surface area contributed by atoms with Crippen LogP contribution in [0.2, 0.25) is 5.02 Å². The minimum Gasteiger partial charge on any atom is -0.481 e. The second kappa shape index (κ2) is 9.94. The van der Waals surface area contributed by atoms with E-state index in [1.165, 1.54) is 0 Å². The van der Waals surface area contributed by atoms with E-state index < -0.39 is 6.10 Å². The van der Waals surface area contributed by atoms with Gasteiger partial charge in [-0.2, -0.15) is 0 Å². The highest BCUT2D eigenvalue weighted by Crippen LogP contribution is 2.23. The van der Waals surface area contributed by atoms with Gasteiger partial charge in [-0.25, -0.2) is 0 Å². The number of nitrogens with one attached hydrogen (secondary N) is 2. The van der Waals surface area contributed by atoms with Gasteiger partial charge in [0.1, 0.15) is 5.75 Å². The van der Waals surface area contributed by atoms with Crippen LogP contribution in [0.1, 0.15) is 28.4 Å². The predicted molar refractivity (Wildman–Crippen MR) is 119 cm³/mol. The second-order valence-corrected chi connectivity index (χ2v) is 7.26. The van der Waals surface area contributed by atoms with Gasteiger partial charge in [-0.1, -0.05) is 48.0 Å². The molecule has 0 bridgehead atoms. The van der Waals surface area contributed by atoms with Crippen LogP contribution in [0.4, 0.5) is 5.69 Å². The van der Waals surface area contributed by atoms with Gasteiger partial charge in [0.05, 0.1) is 0 Å². The third kappa shape index (κ3) is 5.61. The van der Waals surface area contributed by atoms with Gasteiger partial charge in [-0.05, 0) is 61.4 Å². The summed E-state index contributed by atoms with van der Waals surface area (Å²) in [6.07, 6.45) is -0.721. The van der Waals surface area contributed by atoms with Crippen molar-refractivity contribution in [3.05, 3.63) is 94.5 Å². The van der Waals surface area contributed by atoms with E-state index in [4.69, 9.17) is 16.3 Å². The van der Waals surface area contributed by atoms with Crippen LogP contribution in [0.5, 0.6) is 5.75 Å². The van der Waals surface area contributed by atoms with Crippen molar-refractivity contribution in [2.75, 3.05) is 5.32 Å². The van der Waals surface area contributed by atoms with Gasteiger partial charge in [0.25, 0.3) is 11.8 Å². The van der Waals surface area contributed by atoms with Crippen molar-refractivity contribution in [1.82, 2.24) is 5.32 Å².